The van der Waals surface area contributed by atoms with Gasteiger partial charge in [-0.15, -0.1) is 0 Å². The van der Waals surface area contributed by atoms with Crippen LogP contribution in [0.5, 0.6) is 0 Å². The van der Waals surface area contributed by atoms with Crippen LogP contribution in [-0.4, -0.2) is 15.0 Å². The fraction of sp³-hybridized carbons (Fsp3) is 0. The maximum Gasteiger partial charge on any atom is 0.326 e. The summed E-state index contributed by atoms with van der Waals surface area (Å²) in [7, 11) is 0. The first-order valence-electron chi connectivity index (χ1n) is 3.26. The number of pyridine rings is 1. The lowest BCUT2D eigenvalue weighted by molar-refractivity contribution is 1.07. The first kappa shape index (κ1) is 6.78. The summed E-state index contributed by atoms with van der Waals surface area (Å²) in [5, 5.41) is 0.379. The van der Waals surface area contributed by atoms with Crippen LogP contribution in [-0.2, 0) is 0 Å². The second-order valence-corrected chi connectivity index (χ2v) is 2.25. The van der Waals surface area contributed by atoms with Crippen LogP contribution in [0.2, 0.25) is 0 Å². The fourth-order valence-corrected chi connectivity index (χ4v) is 0.957. The van der Waals surface area contributed by atoms with Gasteiger partial charge in [0.15, 0.2) is 0 Å². The topological polar surface area (TPSA) is 78.6 Å². The molecule has 12 heavy (non-hydrogen) atoms. The van der Waals surface area contributed by atoms with Gasteiger partial charge in [0.25, 0.3) is 5.56 Å². The monoisotopic (exact) mass is 162 g/mol. The summed E-state index contributed by atoms with van der Waals surface area (Å²) in [4.78, 5) is 30.0. The van der Waals surface area contributed by atoms with Crippen LogP contribution in [0.1, 0.15) is 0 Å². The Kier molecular flexibility index (Phi) is 1.30. The predicted molar refractivity (Wildman–Crippen MR) is 41.8 cm³/mol. The van der Waals surface area contributed by atoms with E-state index in [9.17, 15) is 9.59 Å². The Labute approximate surface area is 66.1 Å². The number of fused-ring (bicyclic) bond motifs is 1. The van der Waals surface area contributed by atoms with Gasteiger partial charge in [-0.05, 0) is 6.07 Å². The molecule has 2 rings (SSSR count). The summed E-state index contributed by atoms with van der Waals surface area (Å²) < 4.78 is 0. The molecule has 2 aromatic heterocycles. The third-order valence-electron chi connectivity index (χ3n) is 1.47. The summed E-state index contributed by atoms with van der Waals surface area (Å²) in [5.41, 5.74) is -0.643. The molecule has 0 aliphatic heterocycles. The maximum atomic E-state index is 11.1. The van der Waals surface area contributed by atoms with Crippen molar-refractivity contribution in [2.24, 2.45) is 0 Å². The van der Waals surface area contributed by atoms with Gasteiger partial charge in [0, 0.05) is 6.20 Å². The molecule has 0 atom stereocenters. The molecule has 0 fully saturated rings. The van der Waals surface area contributed by atoms with Crippen molar-refractivity contribution in [1.29, 1.82) is 0 Å². The van der Waals surface area contributed by atoms with Crippen molar-refractivity contribution in [3.8, 4) is 0 Å². The first-order valence-corrected chi connectivity index (χ1v) is 3.26. The smallest absolute Gasteiger partial charge is 0.305 e. The summed E-state index contributed by atoms with van der Waals surface area (Å²) in [5.74, 6) is 0. The van der Waals surface area contributed by atoms with Crippen molar-refractivity contribution >= 4 is 10.9 Å². The molecule has 0 bridgehead atoms. The van der Waals surface area contributed by atoms with E-state index in [1.165, 1.54) is 12.3 Å². The standard InChI is InChI=1S/C7H4N3O2/c11-6-4-1-2-8-3-5(4)9-7(12)10-6/h1-2H,(H2,9,10,11,12). The number of hydrogen-bond acceptors (Lipinski definition) is 3. The highest BCUT2D eigenvalue weighted by atomic mass is 16.2. The molecule has 5 nitrogen and oxygen atoms in total. The minimum Gasteiger partial charge on any atom is -0.305 e. The average Bonchev–Trinajstić information content (AvgIpc) is 2.04. The third kappa shape index (κ3) is 0.914. The molecular weight excluding hydrogens is 158 g/mol. The van der Waals surface area contributed by atoms with Gasteiger partial charge < -0.3 is 4.98 Å². The predicted octanol–water partition coefficient (Wildman–Crippen LogP) is -0.588. The minimum absolute atomic E-state index is 0.325. The van der Waals surface area contributed by atoms with Crippen molar-refractivity contribution in [2.75, 3.05) is 0 Å². The normalized spacial score (nSPS) is 10.3. The van der Waals surface area contributed by atoms with Gasteiger partial charge in [0.1, 0.15) is 6.20 Å². The molecule has 0 spiro atoms. The van der Waals surface area contributed by atoms with Crippen LogP contribution in [0.25, 0.3) is 10.9 Å². The van der Waals surface area contributed by atoms with Crippen molar-refractivity contribution in [3.05, 3.63) is 39.3 Å². The highest BCUT2D eigenvalue weighted by molar-refractivity contribution is 5.74. The molecule has 0 aliphatic rings. The van der Waals surface area contributed by atoms with Gasteiger partial charge in [-0.25, -0.2) is 4.79 Å². The van der Waals surface area contributed by atoms with Crippen molar-refractivity contribution in [2.45, 2.75) is 0 Å². The SMILES string of the molecule is O=c1[nH]c(=O)c2ccn[c]c2[nH]1. The van der Waals surface area contributed by atoms with Crippen molar-refractivity contribution < 1.29 is 0 Å². The summed E-state index contributed by atoms with van der Waals surface area (Å²) in [6.07, 6.45) is 3.95. The summed E-state index contributed by atoms with van der Waals surface area (Å²) in [6, 6.07) is 1.51. The number of nitrogens with one attached hydrogen (secondary N) is 2. The van der Waals surface area contributed by atoms with Crippen LogP contribution in [0.15, 0.2) is 21.9 Å². The Balaban J connectivity index is 3.09. The van der Waals surface area contributed by atoms with Crippen molar-refractivity contribution in [3.63, 3.8) is 0 Å². The van der Waals surface area contributed by atoms with E-state index in [0.29, 0.717) is 10.9 Å². The zero-order valence-corrected chi connectivity index (χ0v) is 5.92. The Morgan fingerprint density at radius 3 is 3.00 bits per heavy atom. The number of aromatic amines is 2. The van der Waals surface area contributed by atoms with Gasteiger partial charge in [-0.1, -0.05) is 0 Å². The summed E-state index contributed by atoms with van der Waals surface area (Å²) >= 11 is 0. The van der Waals surface area contributed by atoms with E-state index in [1.807, 2.05) is 0 Å². The molecule has 5 heteroatoms. The van der Waals surface area contributed by atoms with Crippen LogP contribution in [0, 0.1) is 6.20 Å². The lowest BCUT2D eigenvalue weighted by Gasteiger charge is -1.91. The van der Waals surface area contributed by atoms with E-state index in [1.54, 1.807) is 0 Å². The Bertz CT molecular complexity index is 526. The fourth-order valence-electron chi connectivity index (χ4n) is 0.957. The number of aromatic nitrogens is 3. The number of rotatable bonds is 0. The zero-order chi connectivity index (χ0) is 8.55. The molecule has 0 amide bonds. The van der Waals surface area contributed by atoms with Gasteiger partial charge in [-0.2, -0.15) is 0 Å². The van der Waals surface area contributed by atoms with Crippen molar-refractivity contribution in [1.82, 2.24) is 15.0 Å². The number of hydrogen-bond donors (Lipinski definition) is 2. The lowest BCUT2D eigenvalue weighted by Crippen LogP contribution is -2.21. The van der Waals surface area contributed by atoms with E-state index >= 15 is 0 Å². The van der Waals surface area contributed by atoms with Gasteiger partial charge in [-0.3, -0.25) is 14.8 Å². The lowest BCUT2D eigenvalue weighted by atomic mass is 10.3. The van der Waals surface area contributed by atoms with Gasteiger partial charge in [0.05, 0.1) is 10.9 Å². The highest BCUT2D eigenvalue weighted by Gasteiger charge is 1.97. The van der Waals surface area contributed by atoms with Crippen LogP contribution in [0.3, 0.4) is 0 Å². The molecule has 0 aromatic carbocycles. The zero-order valence-electron chi connectivity index (χ0n) is 5.92. The second-order valence-electron chi connectivity index (χ2n) is 2.25. The molecule has 0 aliphatic carbocycles. The Morgan fingerprint density at radius 2 is 2.17 bits per heavy atom. The molecule has 2 heterocycles. The molecule has 0 saturated carbocycles. The molecule has 1 radical (unpaired) electrons. The van der Waals surface area contributed by atoms with Crippen LogP contribution < -0.4 is 11.2 Å². The van der Waals surface area contributed by atoms with Crippen LogP contribution >= 0.6 is 0 Å². The van der Waals surface area contributed by atoms with E-state index < -0.39 is 11.2 Å². The van der Waals surface area contributed by atoms with Gasteiger partial charge >= 0.3 is 5.69 Å². The average molecular weight is 162 g/mol. The largest absolute Gasteiger partial charge is 0.326 e. The Morgan fingerprint density at radius 1 is 1.33 bits per heavy atom. The number of nitrogens with zero attached hydrogens (tertiary/aromatic N) is 1. The van der Waals surface area contributed by atoms with Gasteiger partial charge in [0.2, 0.25) is 0 Å². The van der Waals surface area contributed by atoms with E-state index in [0.717, 1.165) is 0 Å². The van der Waals surface area contributed by atoms with E-state index in [4.69, 9.17) is 0 Å². The molecular formula is C7H4N3O2. The minimum atomic E-state index is -0.545. The van der Waals surface area contributed by atoms with E-state index in [2.05, 4.69) is 21.1 Å². The maximum absolute atomic E-state index is 11.1. The molecule has 2 aromatic rings. The quantitative estimate of drug-likeness (QED) is 0.543. The molecule has 0 saturated heterocycles. The second kappa shape index (κ2) is 2.30. The molecule has 59 valence electrons. The molecule has 0 unspecified atom stereocenters. The van der Waals surface area contributed by atoms with Crippen LogP contribution in [0.4, 0.5) is 0 Å². The Hall–Kier alpha value is -1.91. The highest BCUT2D eigenvalue weighted by Crippen LogP contribution is 1.97. The molecule has 2 N–H and O–H groups in total. The number of H-pyrrole nitrogens is 2. The third-order valence-corrected chi connectivity index (χ3v) is 1.47. The summed E-state index contributed by atoms with van der Waals surface area (Å²) in [6.45, 7) is 0. The van der Waals surface area contributed by atoms with E-state index in [-0.39, 0.29) is 0 Å². The first-order chi connectivity index (χ1) is 5.77.